The Morgan fingerprint density at radius 2 is 1.33 bits per heavy atom. The number of carbonyl (C=O) groups excluding carboxylic acids is 2. The van der Waals surface area contributed by atoms with E-state index in [1.807, 2.05) is 30.3 Å². The predicted molar refractivity (Wildman–Crippen MR) is 118 cm³/mol. The van der Waals surface area contributed by atoms with E-state index in [0.717, 1.165) is 17.7 Å². The summed E-state index contributed by atoms with van der Waals surface area (Å²) in [7, 11) is 0. The van der Waals surface area contributed by atoms with Gasteiger partial charge in [0.15, 0.2) is 0 Å². The second-order valence-electron chi connectivity index (χ2n) is 7.06. The van der Waals surface area contributed by atoms with Crippen molar-refractivity contribution < 1.29 is 27.5 Å². The zero-order valence-corrected chi connectivity index (χ0v) is 17.5. The monoisotopic (exact) mass is 457 g/mol. The summed E-state index contributed by atoms with van der Waals surface area (Å²) >= 11 is 0. The Kier molecular flexibility index (Phi) is 8.04. The molecule has 6 nitrogen and oxygen atoms in total. The summed E-state index contributed by atoms with van der Waals surface area (Å²) in [5, 5.41) is 8.20. The number of nitrogens with one attached hydrogen (secondary N) is 3. The molecular weight excluding hydrogens is 435 g/mol. The second-order valence-corrected chi connectivity index (χ2v) is 7.06. The molecule has 0 heterocycles. The molecule has 0 saturated heterocycles. The Balaban J connectivity index is 1.38. The topological polar surface area (TPSA) is 79.5 Å². The van der Waals surface area contributed by atoms with Gasteiger partial charge in [0.2, 0.25) is 11.8 Å². The first-order valence-electron chi connectivity index (χ1n) is 10.1. The molecule has 0 aromatic heterocycles. The van der Waals surface area contributed by atoms with Crippen molar-refractivity contribution in [1.29, 1.82) is 0 Å². The van der Waals surface area contributed by atoms with Crippen LogP contribution in [0.5, 0.6) is 11.5 Å². The van der Waals surface area contributed by atoms with E-state index in [4.69, 9.17) is 4.74 Å². The summed E-state index contributed by atoms with van der Waals surface area (Å²) in [4.78, 5) is 23.9. The van der Waals surface area contributed by atoms with Crippen molar-refractivity contribution in [2.24, 2.45) is 0 Å². The highest BCUT2D eigenvalue weighted by Crippen LogP contribution is 2.31. The van der Waals surface area contributed by atoms with E-state index in [1.54, 1.807) is 24.3 Å². The first-order chi connectivity index (χ1) is 15.8. The third-order valence-electron chi connectivity index (χ3n) is 4.46. The molecular formula is C24H22F3N3O3. The summed E-state index contributed by atoms with van der Waals surface area (Å²) in [6, 6.07) is 20.2. The molecule has 0 fully saturated rings. The summed E-state index contributed by atoms with van der Waals surface area (Å²) in [6.45, 7) is 0.358. The number of benzene rings is 3. The minimum Gasteiger partial charge on any atom is -0.457 e. The van der Waals surface area contributed by atoms with Crippen LogP contribution < -0.4 is 20.7 Å². The number of anilines is 1. The molecule has 3 N–H and O–H groups in total. The molecule has 0 atom stereocenters. The minimum absolute atomic E-state index is 0.000159. The van der Waals surface area contributed by atoms with Crippen LogP contribution in [0.3, 0.4) is 0 Å². The average molecular weight is 457 g/mol. The van der Waals surface area contributed by atoms with Crippen LogP contribution in [0, 0.1) is 0 Å². The van der Waals surface area contributed by atoms with Crippen molar-refractivity contribution in [2.75, 3.05) is 18.4 Å². The summed E-state index contributed by atoms with van der Waals surface area (Å²) in [5.41, 5.74) is 0.736. The lowest BCUT2D eigenvalue weighted by Crippen LogP contribution is -2.37. The highest BCUT2D eigenvalue weighted by molar-refractivity contribution is 5.92. The van der Waals surface area contributed by atoms with Crippen LogP contribution in [0.4, 0.5) is 18.9 Å². The fourth-order valence-electron chi connectivity index (χ4n) is 2.81. The number of carbonyl (C=O) groups is 2. The molecule has 0 saturated carbocycles. The molecule has 0 spiro atoms. The van der Waals surface area contributed by atoms with Gasteiger partial charge in [-0.05, 0) is 54.1 Å². The van der Waals surface area contributed by atoms with Crippen LogP contribution in [0.25, 0.3) is 0 Å². The van der Waals surface area contributed by atoms with Crippen molar-refractivity contribution >= 4 is 17.5 Å². The molecule has 33 heavy (non-hydrogen) atoms. The summed E-state index contributed by atoms with van der Waals surface area (Å²) in [6.07, 6.45) is -4.40. The zero-order chi connectivity index (χ0) is 23.7. The van der Waals surface area contributed by atoms with E-state index >= 15 is 0 Å². The largest absolute Gasteiger partial charge is 0.457 e. The Bertz CT molecular complexity index is 1050. The summed E-state index contributed by atoms with van der Waals surface area (Å²) in [5.74, 6) is 0.106. The SMILES string of the molecule is O=C(CNCC(=O)Nc1ccc(Oc2ccc(C(F)(F)F)cc2)cc1)NCc1ccccc1. The second kappa shape index (κ2) is 11.1. The van der Waals surface area contributed by atoms with Gasteiger partial charge in [0.05, 0.1) is 18.7 Å². The van der Waals surface area contributed by atoms with Gasteiger partial charge in [-0.3, -0.25) is 14.9 Å². The fraction of sp³-hybridized carbons (Fsp3) is 0.167. The van der Waals surface area contributed by atoms with Gasteiger partial charge in [-0.25, -0.2) is 0 Å². The molecule has 0 aliphatic heterocycles. The van der Waals surface area contributed by atoms with Crippen molar-refractivity contribution in [2.45, 2.75) is 12.7 Å². The van der Waals surface area contributed by atoms with E-state index in [2.05, 4.69) is 16.0 Å². The maximum absolute atomic E-state index is 12.6. The van der Waals surface area contributed by atoms with Gasteiger partial charge in [-0.15, -0.1) is 0 Å². The first-order valence-corrected chi connectivity index (χ1v) is 10.1. The van der Waals surface area contributed by atoms with Gasteiger partial charge >= 0.3 is 6.18 Å². The first kappa shape index (κ1) is 23.8. The highest BCUT2D eigenvalue weighted by atomic mass is 19.4. The molecule has 2 amide bonds. The quantitative estimate of drug-likeness (QED) is 0.447. The third-order valence-corrected chi connectivity index (χ3v) is 4.46. The van der Waals surface area contributed by atoms with E-state index in [9.17, 15) is 22.8 Å². The Morgan fingerprint density at radius 1 is 0.758 bits per heavy atom. The molecule has 3 rings (SSSR count). The number of hydrogen-bond acceptors (Lipinski definition) is 4. The molecule has 9 heteroatoms. The van der Waals surface area contributed by atoms with Crippen LogP contribution in [0.15, 0.2) is 78.9 Å². The standard InChI is InChI=1S/C24H22F3N3O3/c25-24(26,27)18-6-10-20(11-7-18)33-21-12-8-19(9-13-21)30-23(32)16-28-15-22(31)29-14-17-4-2-1-3-5-17/h1-13,28H,14-16H2,(H,29,31)(H,30,32). The number of alkyl halides is 3. The number of hydrogen-bond donors (Lipinski definition) is 3. The lowest BCUT2D eigenvalue weighted by molar-refractivity contribution is -0.137. The van der Waals surface area contributed by atoms with Crippen molar-refractivity contribution in [3.8, 4) is 11.5 Å². The Morgan fingerprint density at radius 3 is 1.94 bits per heavy atom. The highest BCUT2D eigenvalue weighted by Gasteiger charge is 2.30. The van der Waals surface area contributed by atoms with E-state index < -0.39 is 11.7 Å². The molecule has 172 valence electrons. The number of amides is 2. The normalized spacial score (nSPS) is 11.0. The minimum atomic E-state index is -4.40. The van der Waals surface area contributed by atoms with Crippen molar-refractivity contribution in [1.82, 2.24) is 10.6 Å². The van der Waals surface area contributed by atoms with E-state index in [-0.39, 0.29) is 30.7 Å². The van der Waals surface area contributed by atoms with Crippen LogP contribution in [-0.4, -0.2) is 24.9 Å². The van der Waals surface area contributed by atoms with Crippen LogP contribution in [0.1, 0.15) is 11.1 Å². The van der Waals surface area contributed by atoms with Gasteiger partial charge < -0.3 is 15.4 Å². The Labute approximate surface area is 188 Å². The summed E-state index contributed by atoms with van der Waals surface area (Å²) < 4.78 is 43.3. The predicted octanol–water partition coefficient (Wildman–Crippen LogP) is 4.34. The molecule has 0 aliphatic rings. The molecule has 0 radical (unpaired) electrons. The van der Waals surface area contributed by atoms with E-state index in [1.165, 1.54) is 12.1 Å². The Hall–Kier alpha value is -3.85. The van der Waals surface area contributed by atoms with Crippen LogP contribution in [-0.2, 0) is 22.3 Å². The van der Waals surface area contributed by atoms with Gasteiger partial charge in [0.1, 0.15) is 11.5 Å². The van der Waals surface area contributed by atoms with Crippen molar-refractivity contribution in [3.05, 3.63) is 90.0 Å². The molecule has 0 unspecified atom stereocenters. The maximum Gasteiger partial charge on any atom is 0.416 e. The van der Waals surface area contributed by atoms with Gasteiger partial charge in [-0.1, -0.05) is 30.3 Å². The molecule has 0 bridgehead atoms. The van der Waals surface area contributed by atoms with E-state index in [0.29, 0.717) is 18.0 Å². The van der Waals surface area contributed by atoms with Crippen LogP contribution >= 0.6 is 0 Å². The fourth-order valence-corrected chi connectivity index (χ4v) is 2.81. The molecule has 3 aromatic carbocycles. The lowest BCUT2D eigenvalue weighted by atomic mass is 10.2. The van der Waals surface area contributed by atoms with Gasteiger partial charge in [0.25, 0.3) is 0 Å². The van der Waals surface area contributed by atoms with Gasteiger partial charge in [0, 0.05) is 12.2 Å². The zero-order valence-electron chi connectivity index (χ0n) is 17.5. The lowest BCUT2D eigenvalue weighted by Gasteiger charge is -2.10. The number of halogens is 3. The number of ether oxygens (including phenoxy) is 1. The average Bonchev–Trinajstić information content (AvgIpc) is 2.79. The third kappa shape index (κ3) is 7.97. The molecule has 3 aromatic rings. The van der Waals surface area contributed by atoms with Gasteiger partial charge in [-0.2, -0.15) is 13.2 Å². The van der Waals surface area contributed by atoms with Crippen LogP contribution in [0.2, 0.25) is 0 Å². The van der Waals surface area contributed by atoms with Crippen molar-refractivity contribution in [3.63, 3.8) is 0 Å². The number of rotatable bonds is 9. The molecule has 0 aliphatic carbocycles. The maximum atomic E-state index is 12.6. The smallest absolute Gasteiger partial charge is 0.416 e.